The van der Waals surface area contributed by atoms with Crippen molar-refractivity contribution in [2.24, 2.45) is 0 Å². The average Bonchev–Trinajstić information content (AvgIpc) is 2.46. The van der Waals surface area contributed by atoms with E-state index in [0.717, 1.165) is 9.13 Å². The normalized spacial score (nSPS) is 11.2. The van der Waals surface area contributed by atoms with Crippen molar-refractivity contribution in [3.63, 3.8) is 0 Å². The standard InChI is InChI=1S/C17H18INO/c1-17(2,13-8-4-3-5-9-13)12-19-16(20)14-10-6-7-11-15(14)18/h3-11H,12H2,1-2H3,(H,19,20). The van der Waals surface area contributed by atoms with E-state index in [4.69, 9.17) is 0 Å². The Morgan fingerprint density at radius 2 is 1.65 bits per heavy atom. The highest BCUT2D eigenvalue weighted by molar-refractivity contribution is 14.1. The minimum Gasteiger partial charge on any atom is -0.351 e. The summed E-state index contributed by atoms with van der Waals surface area (Å²) in [6, 6.07) is 17.9. The lowest BCUT2D eigenvalue weighted by Gasteiger charge is -2.25. The monoisotopic (exact) mass is 379 g/mol. The molecule has 1 amide bonds. The molecule has 0 aliphatic rings. The van der Waals surface area contributed by atoms with Crippen molar-refractivity contribution in [2.45, 2.75) is 19.3 Å². The zero-order valence-electron chi connectivity index (χ0n) is 11.7. The van der Waals surface area contributed by atoms with E-state index in [0.29, 0.717) is 6.54 Å². The van der Waals surface area contributed by atoms with Gasteiger partial charge < -0.3 is 5.32 Å². The van der Waals surface area contributed by atoms with Crippen LogP contribution in [0.4, 0.5) is 0 Å². The van der Waals surface area contributed by atoms with Crippen LogP contribution in [-0.4, -0.2) is 12.5 Å². The Balaban J connectivity index is 2.05. The van der Waals surface area contributed by atoms with Crippen LogP contribution in [0.5, 0.6) is 0 Å². The van der Waals surface area contributed by atoms with Gasteiger partial charge in [-0.05, 0) is 40.3 Å². The first-order valence-corrected chi connectivity index (χ1v) is 7.67. The van der Waals surface area contributed by atoms with Crippen molar-refractivity contribution >= 4 is 28.5 Å². The summed E-state index contributed by atoms with van der Waals surface area (Å²) in [5, 5.41) is 3.03. The van der Waals surface area contributed by atoms with Gasteiger partial charge >= 0.3 is 0 Å². The second-order valence-corrected chi connectivity index (χ2v) is 6.57. The van der Waals surface area contributed by atoms with Gasteiger partial charge in [0.2, 0.25) is 0 Å². The van der Waals surface area contributed by atoms with Crippen molar-refractivity contribution < 1.29 is 4.79 Å². The van der Waals surface area contributed by atoms with Gasteiger partial charge in [0.05, 0.1) is 5.56 Å². The highest BCUT2D eigenvalue weighted by atomic mass is 127. The maximum absolute atomic E-state index is 12.2. The second kappa shape index (κ2) is 6.39. The number of carbonyl (C=O) groups is 1. The van der Waals surface area contributed by atoms with Crippen LogP contribution in [0.2, 0.25) is 0 Å². The van der Waals surface area contributed by atoms with Gasteiger partial charge in [-0.25, -0.2) is 0 Å². The number of amides is 1. The molecule has 3 heteroatoms. The van der Waals surface area contributed by atoms with Crippen molar-refractivity contribution in [1.29, 1.82) is 0 Å². The smallest absolute Gasteiger partial charge is 0.252 e. The largest absolute Gasteiger partial charge is 0.351 e. The first kappa shape index (κ1) is 15.0. The van der Waals surface area contributed by atoms with Gasteiger partial charge in [-0.3, -0.25) is 4.79 Å². The second-order valence-electron chi connectivity index (χ2n) is 5.41. The minimum absolute atomic E-state index is 0.0148. The number of hydrogen-bond donors (Lipinski definition) is 1. The highest BCUT2D eigenvalue weighted by Gasteiger charge is 2.21. The van der Waals surface area contributed by atoms with E-state index < -0.39 is 0 Å². The molecule has 0 spiro atoms. The molecule has 0 fully saturated rings. The van der Waals surface area contributed by atoms with Crippen LogP contribution in [0.15, 0.2) is 54.6 Å². The third-order valence-corrected chi connectivity index (χ3v) is 4.31. The molecule has 0 aliphatic carbocycles. The Labute approximate surface area is 133 Å². The summed E-state index contributed by atoms with van der Waals surface area (Å²) in [7, 11) is 0. The van der Waals surface area contributed by atoms with Crippen molar-refractivity contribution in [3.8, 4) is 0 Å². The summed E-state index contributed by atoms with van der Waals surface area (Å²) in [6.07, 6.45) is 0. The Bertz CT molecular complexity index is 593. The Morgan fingerprint density at radius 1 is 1.05 bits per heavy atom. The van der Waals surface area contributed by atoms with Crippen LogP contribution >= 0.6 is 22.6 Å². The van der Waals surface area contributed by atoms with E-state index >= 15 is 0 Å². The minimum atomic E-state index is -0.0862. The Kier molecular flexibility index (Phi) is 4.81. The van der Waals surface area contributed by atoms with Gasteiger partial charge in [0.25, 0.3) is 5.91 Å². The molecule has 1 N–H and O–H groups in total. The topological polar surface area (TPSA) is 29.1 Å². The molecule has 0 saturated carbocycles. The van der Waals surface area contributed by atoms with E-state index in [2.05, 4.69) is 53.9 Å². The summed E-state index contributed by atoms with van der Waals surface area (Å²) in [5.41, 5.74) is 1.87. The van der Waals surface area contributed by atoms with Crippen LogP contribution in [0, 0.1) is 3.57 Å². The highest BCUT2D eigenvalue weighted by Crippen LogP contribution is 2.22. The maximum atomic E-state index is 12.2. The fourth-order valence-corrected chi connectivity index (χ4v) is 2.67. The van der Waals surface area contributed by atoms with Gasteiger partial charge in [-0.15, -0.1) is 0 Å². The number of benzene rings is 2. The van der Waals surface area contributed by atoms with Gasteiger partial charge in [0, 0.05) is 15.5 Å². The van der Waals surface area contributed by atoms with Crippen LogP contribution < -0.4 is 5.32 Å². The first-order valence-electron chi connectivity index (χ1n) is 6.59. The van der Waals surface area contributed by atoms with Crippen LogP contribution in [-0.2, 0) is 5.41 Å². The molecule has 0 aromatic heterocycles. The van der Waals surface area contributed by atoms with Crippen molar-refractivity contribution in [1.82, 2.24) is 5.32 Å². The maximum Gasteiger partial charge on any atom is 0.252 e. The molecule has 104 valence electrons. The summed E-state index contributed by atoms with van der Waals surface area (Å²) in [6.45, 7) is 4.89. The van der Waals surface area contributed by atoms with Crippen LogP contribution in [0.1, 0.15) is 29.8 Å². The molecule has 20 heavy (non-hydrogen) atoms. The Morgan fingerprint density at radius 3 is 2.30 bits per heavy atom. The van der Waals surface area contributed by atoms with E-state index in [9.17, 15) is 4.79 Å². The molecule has 0 heterocycles. The molecular formula is C17H18INO. The summed E-state index contributed by atoms with van der Waals surface area (Å²) in [4.78, 5) is 12.2. The molecule has 2 rings (SSSR count). The molecule has 0 saturated heterocycles. The Hall–Kier alpha value is -1.36. The molecule has 0 aliphatic heterocycles. The molecule has 2 nitrogen and oxygen atoms in total. The van der Waals surface area contributed by atoms with Crippen molar-refractivity contribution in [2.75, 3.05) is 6.54 Å². The van der Waals surface area contributed by atoms with Gasteiger partial charge in [0.15, 0.2) is 0 Å². The van der Waals surface area contributed by atoms with Gasteiger partial charge in [-0.2, -0.15) is 0 Å². The molecule has 0 radical (unpaired) electrons. The summed E-state index contributed by atoms with van der Waals surface area (Å²) in [5.74, 6) is -0.0148. The first-order chi connectivity index (χ1) is 9.50. The molecule has 0 bridgehead atoms. The SMILES string of the molecule is CC(C)(CNC(=O)c1ccccc1I)c1ccccc1. The van der Waals surface area contributed by atoms with Crippen LogP contribution in [0.3, 0.4) is 0 Å². The van der Waals surface area contributed by atoms with Gasteiger partial charge in [-0.1, -0.05) is 56.3 Å². The lowest BCUT2D eigenvalue weighted by Crippen LogP contribution is -2.36. The zero-order chi connectivity index (χ0) is 14.6. The third-order valence-electron chi connectivity index (χ3n) is 3.36. The predicted molar refractivity (Wildman–Crippen MR) is 91.0 cm³/mol. The van der Waals surface area contributed by atoms with Crippen molar-refractivity contribution in [3.05, 3.63) is 69.3 Å². The number of rotatable bonds is 4. The van der Waals surface area contributed by atoms with E-state index in [1.54, 1.807) is 0 Å². The molecule has 0 atom stereocenters. The number of carbonyl (C=O) groups excluding carboxylic acids is 1. The zero-order valence-corrected chi connectivity index (χ0v) is 13.8. The fourth-order valence-electron chi connectivity index (χ4n) is 2.03. The third kappa shape index (κ3) is 3.60. The van der Waals surface area contributed by atoms with Gasteiger partial charge in [0.1, 0.15) is 0 Å². The molecular weight excluding hydrogens is 361 g/mol. The average molecular weight is 379 g/mol. The summed E-state index contributed by atoms with van der Waals surface area (Å²) < 4.78 is 0.972. The van der Waals surface area contributed by atoms with E-state index in [1.807, 2.05) is 42.5 Å². The predicted octanol–water partition coefficient (Wildman–Crippen LogP) is 4.00. The number of halogens is 1. The lowest BCUT2D eigenvalue weighted by atomic mass is 9.84. The summed E-state index contributed by atoms with van der Waals surface area (Å²) >= 11 is 2.19. The number of hydrogen-bond acceptors (Lipinski definition) is 1. The number of nitrogens with one attached hydrogen (secondary N) is 1. The van der Waals surface area contributed by atoms with Crippen LogP contribution in [0.25, 0.3) is 0 Å². The molecule has 2 aromatic rings. The lowest BCUT2D eigenvalue weighted by molar-refractivity contribution is 0.0945. The van der Waals surface area contributed by atoms with E-state index in [-0.39, 0.29) is 11.3 Å². The quantitative estimate of drug-likeness (QED) is 0.800. The molecule has 2 aromatic carbocycles. The fraction of sp³-hybridized carbons (Fsp3) is 0.235. The molecule has 0 unspecified atom stereocenters. The van der Waals surface area contributed by atoms with E-state index in [1.165, 1.54) is 5.56 Å².